The Balaban J connectivity index is 2.31. The summed E-state index contributed by atoms with van der Waals surface area (Å²) in [6.45, 7) is 1.92. The summed E-state index contributed by atoms with van der Waals surface area (Å²) in [5.74, 6) is -0.173. The molecule has 0 saturated heterocycles. The fraction of sp³-hybridized carbons (Fsp3) is 0.158. The molecule has 3 rings (SSSR count). The number of hydrogen-bond donors (Lipinski definition) is 1. The maximum absolute atomic E-state index is 11.1. The van der Waals surface area contributed by atoms with E-state index in [0.29, 0.717) is 5.82 Å². The number of anilines is 1. The number of rotatable bonds is 4. The van der Waals surface area contributed by atoms with Gasteiger partial charge in [0.25, 0.3) is 0 Å². The number of fused-ring (bicyclic) bond motifs is 1. The molecule has 1 N–H and O–H groups in total. The molecule has 0 unspecified atom stereocenters. The average molecular weight is 432 g/mol. The monoisotopic (exact) mass is 432 g/mol. The lowest BCUT2D eigenvalue weighted by Crippen LogP contribution is -2.26. The molecule has 0 fully saturated rings. The van der Waals surface area contributed by atoms with Gasteiger partial charge < -0.3 is 10.0 Å². The number of carboxylic acid groups (broad SMARTS) is 1. The predicted molar refractivity (Wildman–Crippen MR) is 106 cm³/mol. The van der Waals surface area contributed by atoms with E-state index in [0.717, 1.165) is 31.2 Å². The van der Waals surface area contributed by atoms with E-state index in [1.807, 2.05) is 37.3 Å². The number of carboxylic acids is 1. The van der Waals surface area contributed by atoms with Crippen molar-refractivity contribution >= 4 is 45.3 Å². The first-order valence-corrected chi connectivity index (χ1v) is 8.63. The topological polar surface area (TPSA) is 53.4 Å². The Hall–Kier alpha value is -2.15. The van der Waals surface area contributed by atoms with Gasteiger partial charge in [-0.15, -0.1) is 0 Å². The molecule has 0 saturated carbocycles. The van der Waals surface area contributed by atoms with Crippen LogP contribution in [0.1, 0.15) is 5.56 Å². The number of aromatic nitrogens is 1. The van der Waals surface area contributed by atoms with Crippen molar-refractivity contribution in [1.82, 2.24) is 4.98 Å². The average Bonchev–Trinajstić information content (AvgIpc) is 2.54. The molecule has 0 amide bonds. The van der Waals surface area contributed by atoms with Crippen molar-refractivity contribution in [1.29, 1.82) is 0 Å². The second-order valence-electron chi connectivity index (χ2n) is 5.71. The number of carbonyl (C=O) groups is 1. The SMILES string of the molecule is Cc1c(N(C)CC(=O)O)nc2ccc(I)cc2c1-c1ccccc1. The fourth-order valence-electron chi connectivity index (χ4n) is 2.94. The van der Waals surface area contributed by atoms with E-state index in [1.54, 1.807) is 11.9 Å². The van der Waals surface area contributed by atoms with Crippen LogP contribution in [0.15, 0.2) is 48.5 Å². The lowest BCUT2D eigenvalue weighted by Gasteiger charge is -2.22. The molecule has 4 nitrogen and oxygen atoms in total. The summed E-state index contributed by atoms with van der Waals surface area (Å²) in [4.78, 5) is 17.5. The van der Waals surface area contributed by atoms with Crippen molar-refractivity contribution in [2.24, 2.45) is 0 Å². The molecular formula is C19H17IN2O2. The quantitative estimate of drug-likeness (QED) is 0.624. The van der Waals surface area contributed by atoms with E-state index < -0.39 is 5.97 Å². The molecule has 0 aliphatic carbocycles. The van der Waals surface area contributed by atoms with Gasteiger partial charge in [0.05, 0.1) is 5.52 Å². The largest absolute Gasteiger partial charge is 0.480 e. The number of benzene rings is 2. The maximum Gasteiger partial charge on any atom is 0.323 e. The van der Waals surface area contributed by atoms with Gasteiger partial charge >= 0.3 is 5.97 Å². The van der Waals surface area contributed by atoms with Gasteiger partial charge in [0.15, 0.2) is 0 Å². The Morgan fingerprint density at radius 1 is 1.21 bits per heavy atom. The fourth-order valence-corrected chi connectivity index (χ4v) is 3.44. The minimum atomic E-state index is -0.873. The zero-order chi connectivity index (χ0) is 17.3. The maximum atomic E-state index is 11.1. The van der Waals surface area contributed by atoms with Crippen molar-refractivity contribution in [2.45, 2.75) is 6.92 Å². The van der Waals surface area contributed by atoms with E-state index in [9.17, 15) is 4.79 Å². The Morgan fingerprint density at radius 2 is 1.92 bits per heavy atom. The van der Waals surface area contributed by atoms with Crippen molar-refractivity contribution < 1.29 is 9.90 Å². The molecule has 0 radical (unpaired) electrons. The van der Waals surface area contributed by atoms with Gasteiger partial charge in [0, 0.05) is 21.6 Å². The highest BCUT2D eigenvalue weighted by Crippen LogP contribution is 2.36. The summed E-state index contributed by atoms with van der Waals surface area (Å²) in [7, 11) is 1.76. The Kier molecular flexibility index (Phi) is 4.71. The van der Waals surface area contributed by atoms with E-state index >= 15 is 0 Å². The highest BCUT2D eigenvalue weighted by molar-refractivity contribution is 14.1. The van der Waals surface area contributed by atoms with Crippen molar-refractivity contribution in [3.05, 3.63) is 57.7 Å². The smallest absolute Gasteiger partial charge is 0.323 e. The van der Waals surface area contributed by atoms with E-state index in [4.69, 9.17) is 10.1 Å². The van der Waals surface area contributed by atoms with E-state index in [2.05, 4.69) is 40.8 Å². The summed E-state index contributed by atoms with van der Waals surface area (Å²) in [6, 6.07) is 16.3. The zero-order valence-electron chi connectivity index (χ0n) is 13.5. The lowest BCUT2D eigenvalue weighted by atomic mass is 9.96. The standard InChI is InChI=1S/C19H17IN2O2/c1-12-18(13-6-4-3-5-7-13)15-10-14(20)8-9-16(15)21-19(12)22(2)11-17(23)24/h3-10H,11H2,1-2H3,(H,23,24). The van der Waals surface area contributed by atoms with Crippen molar-refractivity contribution in [3.8, 4) is 11.1 Å². The summed E-state index contributed by atoms with van der Waals surface area (Å²) in [5, 5.41) is 10.2. The molecule has 1 heterocycles. The number of hydrogen-bond acceptors (Lipinski definition) is 3. The Morgan fingerprint density at radius 3 is 2.58 bits per heavy atom. The van der Waals surface area contributed by atoms with Gasteiger partial charge in [-0.2, -0.15) is 0 Å². The van der Waals surface area contributed by atoms with Crippen LogP contribution in [0, 0.1) is 10.5 Å². The second-order valence-corrected chi connectivity index (χ2v) is 6.96. The molecule has 24 heavy (non-hydrogen) atoms. The van der Waals surface area contributed by atoms with Crippen LogP contribution < -0.4 is 4.90 Å². The normalized spacial score (nSPS) is 10.8. The number of pyridine rings is 1. The lowest BCUT2D eigenvalue weighted by molar-refractivity contribution is -0.135. The highest BCUT2D eigenvalue weighted by atomic mass is 127. The van der Waals surface area contributed by atoms with Crippen LogP contribution in [-0.4, -0.2) is 29.7 Å². The molecule has 1 aromatic heterocycles. The Labute approximate surface area is 154 Å². The summed E-state index contributed by atoms with van der Waals surface area (Å²) in [6.07, 6.45) is 0. The molecule has 0 spiro atoms. The number of likely N-dealkylation sites (N-methyl/N-ethyl adjacent to an activating group) is 1. The molecule has 0 bridgehead atoms. The van der Waals surface area contributed by atoms with Crippen LogP contribution in [-0.2, 0) is 4.79 Å². The molecule has 0 atom stereocenters. The summed E-state index contributed by atoms with van der Waals surface area (Å²) in [5.41, 5.74) is 4.06. The number of halogens is 1. The van der Waals surface area contributed by atoms with E-state index in [1.165, 1.54) is 0 Å². The molecule has 0 aliphatic rings. The van der Waals surface area contributed by atoms with Gasteiger partial charge in [0.1, 0.15) is 12.4 Å². The third-order valence-electron chi connectivity index (χ3n) is 3.96. The van der Waals surface area contributed by atoms with Gasteiger partial charge in [-0.3, -0.25) is 4.79 Å². The van der Waals surface area contributed by atoms with Crippen LogP contribution in [0.3, 0.4) is 0 Å². The van der Waals surface area contributed by atoms with Crippen LogP contribution in [0.2, 0.25) is 0 Å². The molecule has 0 aliphatic heterocycles. The van der Waals surface area contributed by atoms with Gasteiger partial charge in [-0.05, 0) is 58.8 Å². The van der Waals surface area contributed by atoms with Crippen LogP contribution in [0.4, 0.5) is 5.82 Å². The third kappa shape index (κ3) is 3.21. The first-order valence-electron chi connectivity index (χ1n) is 7.55. The first-order chi connectivity index (χ1) is 11.5. The second kappa shape index (κ2) is 6.76. The van der Waals surface area contributed by atoms with Gasteiger partial charge in [0.2, 0.25) is 0 Å². The molecule has 3 aromatic rings. The molecule has 2 aromatic carbocycles. The van der Waals surface area contributed by atoms with Crippen molar-refractivity contribution in [3.63, 3.8) is 0 Å². The zero-order valence-corrected chi connectivity index (χ0v) is 15.6. The van der Waals surface area contributed by atoms with E-state index in [-0.39, 0.29) is 6.54 Å². The van der Waals surface area contributed by atoms with Crippen LogP contribution in [0.25, 0.3) is 22.0 Å². The van der Waals surface area contributed by atoms with Gasteiger partial charge in [-0.25, -0.2) is 4.98 Å². The first kappa shape index (κ1) is 16.7. The third-order valence-corrected chi connectivity index (χ3v) is 4.63. The minimum absolute atomic E-state index is 0.0854. The summed E-state index contributed by atoms with van der Waals surface area (Å²) < 4.78 is 1.14. The Bertz CT molecular complexity index is 910. The van der Waals surface area contributed by atoms with Crippen molar-refractivity contribution in [2.75, 3.05) is 18.5 Å². The van der Waals surface area contributed by atoms with Crippen LogP contribution in [0.5, 0.6) is 0 Å². The number of nitrogens with zero attached hydrogens (tertiary/aromatic N) is 2. The predicted octanol–water partition coefficient (Wildman–Crippen LogP) is 4.34. The minimum Gasteiger partial charge on any atom is -0.480 e. The highest BCUT2D eigenvalue weighted by Gasteiger charge is 2.17. The van der Waals surface area contributed by atoms with Gasteiger partial charge in [-0.1, -0.05) is 30.3 Å². The number of aliphatic carboxylic acids is 1. The van der Waals surface area contributed by atoms with Crippen LogP contribution >= 0.6 is 22.6 Å². The molecule has 122 valence electrons. The molecular weight excluding hydrogens is 415 g/mol. The molecule has 5 heteroatoms. The summed E-state index contributed by atoms with van der Waals surface area (Å²) >= 11 is 2.30.